The number of aryl methyl sites for hydroxylation is 1. The van der Waals surface area contributed by atoms with E-state index in [0.717, 1.165) is 0 Å². The molecule has 1 heterocycles. The third-order valence-corrected chi connectivity index (χ3v) is 1.00. The normalized spacial score (nSPS) is 8.50. The summed E-state index contributed by atoms with van der Waals surface area (Å²) < 4.78 is 0. The minimum atomic E-state index is -0.467. The fourth-order valence-corrected chi connectivity index (χ4v) is 0.477. The molecular weight excluding hydrogens is 159 g/mol. The first kappa shape index (κ1) is 10.3. The summed E-state index contributed by atoms with van der Waals surface area (Å²) in [7, 11) is 0. The van der Waals surface area contributed by atoms with Gasteiger partial charge in [0.1, 0.15) is 0 Å². The molecule has 4 nitrogen and oxygen atoms in total. The first-order valence-corrected chi connectivity index (χ1v) is 2.49. The molecule has 0 aromatic carbocycles. The summed E-state index contributed by atoms with van der Waals surface area (Å²) in [5, 5.41) is 0. The zero-order chi connectivity index (χ0) is 6.85. The Morgan fingerprint density at radius 2 is 2.00 bits per heavy atom. The van der Waals surface area contributed by atoms with Gasteiger partial charge >= 0.3 is 5.69 Å². The first-order valence-electron chi connectivity index (χ1n) is 2.49. The van der Waals surface area contributed by atoms with Crippen LogP contribution in [0.4, 0.5) is 0 Å². The standard InChI is InChI=1S/C5H6N2O2.K/c1-3-2-6-5(9)7-4(3)8;/h2H,1H3,(H2,6,7,8,9);. The van der Waals surface area contributed by atoms with Crippen molar-refractivity contribution in [2.75, 3.05) is 0 Å². The number of nitrogens with one attached hydrogen (secondary N) is 2. The van der Waals surface area contributed by atoms with Crippen molar-refractivity contribution < 1.29 is 0 Å². The molecule has 0 fully saturated rings. The van der Waals surface area contributed by atoms with Crippen LogP contribution >= 0.6 is 0 Å². The van der Waals surface area contributed by atoms with Gasteiger partial charge in [-0.05, 0) is 6.92 Å². The van der Waals surface area contributed by atoms with Crippen LogP contribution < -0.4 is 11.2 Å². The minimum Gasteiger partial charge on any atom is -0.314 e. The van der Waals surface area contributed by atoms with Crippen LogP contribution in [-0.2, 0) is 0 Å². The summed E-state index contributed by atoms with van der Waals surface area (Å²) in [6.45, 7) is 1.62. The van der Waals surface area contributed by atoms with Crippen molar-refractivity contribution in [1.82, 2.24) is 9.97 Å². The van der Waals surface area contributed by atoms with E-state index < -0.39 is 5.69 Å². The number of hydrogen-bond donors (Lipinski definition) is 2. The molecule has 0 bridgehead atoms. The fourth-order valence-electron chi connectivity index (χ4n) is 0.477. The number of hydrogen-bond acceptors (Lipinski definition) is 2. The zero-order valence-corrected chi connectivity index (χ0v) is 9.02. The molecule has 2 N–H and O–H groups in total. The second-order valence-electron chi connectivity index (χ2n) is 1.75. The summed E-state index contributed by atoms with van der Waals surface area (Å²) in [6.07, 6.45) is 1.38. The molecule has 5 heteroatoms. The van der Waals surface area contributed by atoms with E-state index in [-0.39, 0.29) is 56.9 Å². The Kier molecular flexibility index (Phi) is 4.38. The summed E-state index contributed by atoms with van der Waals surface area (Å²) in [6, 6.07) is 0. The summed E-state index contributed by atoms with van der Waals surface area (Å²) >= 11 is 0. The van der Waals surface area contributed by atoms with E-state index >= 15 is 0 Å². The molecule has 10 heavy (non-hydrogen) atoms. The Morgan fingerprint density at radius 3 is 2.40 bits per heavy atom. The zero-order valence-electron chi connectivity index (χ0n) is 5.89. The van der Waals surface area contributed by atoms with Crippen LogP contribution in [0, 0.1) is 6.92 Å². The van der Waals surface area contributed by atoms with Gasteiger partial charge in [-0.1, -0.05) is 0 Å². The molecule has 0 spiro atoms. The average molecular weight is 165 g/mol. The molecule has 0 saturated heterocycles. The largest absolute Gasteiger partial charge is 0.325 e. The Morgan fingerprint density at radius 1 is 1.40 bits per heavy atom. The average Bonchev–Trinajstić information content (AvgIpc) is 1.80. The smallest absolute Gasteiger partial charge is 0.314 e. The van der Waals surface area contributed by atoms with Crippen LogP contribution in [0.25, 0.3) is 0 Å². The van der Waals surface area contributed by atoms with Gasteiger partial charge in [0.15, 0.2) is 0 Å². The van der Waals surface area contributed by atoms with Gasteiger partial charge in [0.2, 0.25) is 0 Å². The van der Waals surface area contributed by atoms with Gasteiger partial charge in [0, 0.05) is 63.1 Å². The Labute approximate surface area is 99.5 Å². The second-order valence-corrected chi connectivity index (χ2v) is 1.75. The first-order chi connectivity index (χ1) is 4.20. The van der Waals surface area contributed by atoms with Crippen LogP contribution in [-0.4, -0.2) is 61.4 Å². The van der Waals surface area contributed by atoms with E-state index in [0.29, 0.717) is 5.56 Å². The maximum Gasteiger partial charge on any atom is 0.325 e. The molecule has 1 rings (SSSR count). The van der Waals surface area contributed by atoms with E-state index in [1.807, 2.05) is 0 Å². The van der Waals surface area contributed by atoms with Crippen molar-refractivity contribution in [3.05, 3.63) is 32.6 Å². The molecule has 0 atom stereocenters. The van der Waals surface area contributed by atoms with Crippen LogP contribution in [0.2, 0.25) is 0 Å². The van der Waals surface area contributed by atoms with E-state index in [4.69, 9.17) is 0 Å². The molecule has 1 aromatic heterocycles. The number of rotatable bonds is 0. The van der Waals surface area contributed by atoms with Gasteiger partial charge < -0.3 is 4.98 Å². The van der Waals surface area contributed by atoms with Crippen molar-refractivity contribution in [3.8, 4) is 0 Å². The third-order valence-electron chi connectivity index (χ3n) is 1.00. The van der Waals surface area contributed by atoms with Gasteiger partial charge in [-0.25, -0.2) is 4.79 Å². The van der Waals surface area contributed by atoms with Crippen LogP contribution in [0.1, 0.15) is 5.56 Å². The monoisotopic (exact) mass is 165 g/mol. The molecule has 0 aliphatic rings. The number of aromatic amines is 2. The molecule has 49 valence electrons. The minimum absolute atomic E-state index is 0. The van der Waals surface area contributed by atoms with E-state index in [9.17, 15) is 9.59 Å². The van der Waals surface area contributed by atoms with Crippen molar-refractivity contribution >= 4 is 51.4 Å². The predicted molar refractivity (Wildman–Crippen MR) is 38.2 cm³/mol. The molecule has 0 aliphatic carbocycles. The third kappa shape index (κ3) is 2.51. The number of aromatic nitrogens is 2. The Hall–Kier alpha value is 0.316. The van der Waals surface area contributed by atoms with Crippen LogP contribution in [0.15, 0.2) is 15.8 Å². The van der Waals surface area contributed by atoms with Crippen molar-refractivity contribution in [2.24, 2.45) is 0 Å². The van der Waals surface area contributed by atoms with Crippen LogP contribution in [0.3, 0.4) is 0 Å². The fraction of sp³-hybridized carbons (Fsp3) is 0.200. The van der Waals surface area contributed by atoms with E-state index in [1.165, 1.54) is 6.20 Å². The quantitative estimate of drug-likeness (QED) is 0.484. The Bertz CT molecular complexity index is 314. The Balaban J connectivity index is 0.000000810. The van der Waals surface area contributed by atoms with Gasteiger partial charge in [0.05, 0.1) is 0 Å². The number of H-pyrrole nitrogens is 2. The molecule has 0 saturated carbocycles. The molecule has 1 radical (unpaired) electrons. The topological polar surface area (TPSA) is 65.7 Å². The maximum atomic E-state index is 10.6. The summed E-state index contributed by atoms with van der Waals surface area (Å²) in [4.78, 5) is 25.3. The SMILES string of the molecule is Cc1c[nH]c(=O)[nH]c1=O.[K]. The van der Waals surface area contributed by atoms with Crippen LogP contribution in [0.5, 0.6) is 0 Å². The van der Waals surface area contributed by atoms with Crippen molar-refractivity contribution in [3.63, 3.8) is 0 Å². The van der Waals surface area contributed by atoms with E-state index in [1.54, 1.807) is 6.92 Å². The van der Waals surface area contributed by atoms with E-state index in [2.05, 4.69) is 9.97 Å². The predicted octanol–water partition coefficient (Wildman–Crippen LogP) is -1.01. The van der Waals surface area contributed by atoms with Gasteiger partial charge in [-0.15, -0.1) is 0 Å². The van der Waals surface area contributed by atoms with Gasteiger partial charge in [0.25, 0.3) is 5.56 Å². The molecule has 1 aromatic rings. The molecule has 0 aliphatic heterocycles. The maximum absolute atomic E-state index is 10.6. The van der Waals surface area contributed by atoms with Gasteiger partial charge in [-0.3, -0.25) is 9.78 Å². The van der Waals surface area contributed by atoms with Crippen molar-refractivity contribution in [1.29, 1.82) is 0 Å². The molecular formula is C5H6KN2O2. The molecule has 0 unspecified atom stereocenters. The molecule has 0 amide bonds. The summed E-state index contributed by atoms with van der Waals surface area (Å²) in [5.41, 5.74) is -0.293. The van der Waals surface area contributed by atoms with Crippen molar-refractivity contribution in [2.45, 2.75) is 6.92 Å². The summed E-state index contributed by atoms with van der Waals surface area (Å²) in [5.74, 6) is 0. The van der Waals surface area contributed by atoms with Gasteiger partial charge in [-0.2, -0.15) is 0 Å². The second kappa shape index (κ2) is 4.25.